The molecule has 17 heavy (non-hydrogen) atoms. The molecule has 0 saturated heterocycles. The summed E-state index contributed by atoms with van der Waals surface area (Å²) >= 11 is 0. The van der Waals surface area contributed by atoms with Crippen LogP contribution in [0.15, 0.2) is 4.52 Å². The largest absolute Gasteiger partial charge is 0.338 e. The second kappa shape index (κ2) is 6.15. The summed E-state index contributed by atoms with van der Waals surface area (Å²) in [7, 11) is 0. The van der Waals surface area contributed by atoms with Crippen LogP contribution in [0.25, 0.3) is 0 Å². The first-order valence-corrected chi connectivity index (χ1v) is 6.90. The van der Waals surface area contributed by atoms with E-state index < -0.39 is 0 Å². The normalized spacial score (nSPS) is 19.4. The summed E-state index contributed by atoms with van der Waals surface area (Å²) in [5.41, 5.74) is 6.03. The van der Waals surface area contributed by atoms with Crippen LogP contribution in [0.2, 0.25) is 0 Å². The molecule has 0 aliphatic heterocycles. The summed E-state index contributed by atoms with van der Waals surface area (Å²) in [5.74, 6) is 2.00. The van der Waals surface area contributed by atoms with Crippen LogP contribution in [0, 0.1) is 0 Å². The van der Waals surface area contributed by atoms with E-state index in [9.17, 15) is 0 Å². The second-order valence-electron chi connectivity index (χ2n) is 5.07. The highest BCUT2D eigenvalue weighted by Crippen LogP contribution is 2.31. The van der Waals surface area contributed by atoms with Gasteiger partial charge >= 0.3 is 0 Å². The average Bonchev–Trinajstić information content (AvgIpc) is 2.86. The van der Waals surface area contributed by atoms with Gasteiger partial charge in [0.15, 0.2) is 5.82 Å². The first kappa shape index (κ1) is 12.6. The molecule has 2 rings (SSSR count). The van der Waals surface area contributed by atoms with Crippen molar-refractivity contribution in [3.8, 4) is 0 Å². The molecule has 1 unspecified atom stereocenters. The van der Waals surface area contributed by atoms with Crippen molar-refractivity contribution in [3.05, 3.63) is 11.7 Å². The van der Waals surface area contributed by atoms with E-state index in [4.69, 9.17) is 10.3 Å². The lowest BCUT2D eigenvalue weighted by molar-refractivity contribution is 0.335. The SMILES string of the molecule is CCCCC(N)c1nc(C2CCCCC2)no1. The predicted octanol–water partition coefficient (Wildman–Crippen LogP) is 3.31. The van der Waals surface area contributed by atoms with E-state index in [1.165, 1.54) is 32.1 Å². The fraction of sp³-hybridized carbons (Fsp3) is 0.846. The Morgan fingerprint density at radius 2 is 2.12 bits per heavy atom. The Bertz CT molecular complexity index is 331. The fourth-order valence-corrected chi connectivity index (χ4v) is 2.47. The molecule has 1 atom stereocenters. The Labute approximate surface area is 103 Å². The molecule has 1 saturated carbocycles. The van der Waals surface area contributed by atoms with Gasteiger partial charge in [-0.05, 0) is 19.3 Å². The van der Waals surface area contributed by atoms with E-state index in [2.05, 4.69) is 17.1 Å². The van der Waals surface area contributed by atoms with Crippen molar-refractivity contribution in [1.82, 2.24) is 10.1 Å². The van der Waals surface area contributed by atoms with Gasteiger partial charge in [-0.2, -0.15) is 4.98 Å². The molecule has 0 bridgehead atoms. The minimum Gasteiger partial charge on any atom is -0.338 e. The van der Waals surface area contributed by atoms with E-state index >= 15 is 0 Å². The molecule has 1 fully saturated rings. The van der Waals surface area contributed by atoms with Crippen LogP contribution < -0.4 is 5.73 Å². The molecule has 4 heteroatoms. The van der Waals surface area contributed by atoms with Gasteiger partial charge in [0, 0.05) is 5.92 Å². The third-order valence-electron chi connectivity index (χ3n) is 3.61. The van der Waals surface area contributed by atoms with E-state index in [1.807, 2.05) is 0 Å². The molecule has 0 aromatic carbocycles. The maximum Gasteiger partial charge on any atom is 0.243 e. The molecular weight excluding hydrogens is 214 g/mol. The predicted molar refractivity (Wildman–Crippen MR) is 66.6 cm³/mol. The number of unbranched alkanes of at least 4 members (excludes halogenated alkanes) is 1. The molecule has 1 aromatic heterocycles. The van der Waals surface area contributed by atoms with Crippen LogP contribution in [0.4, 0.5) is 0 Å². The van der Waals surface area contributed by atoms with Crippen molar-refractivity contribution in [3.63, 3.8) is 0 Å². The molecular formula is C13H23N3O. The lowest BCUT2D eigenvalue weighted by atomic mass is 9.89. The van der Waals surface area contributed by atoms with Crippen LogP contribution in [-0.2, 0) is 0 Å². The number of aromatic nitrogens is 2. The van der Waals surface area contributed by atoms with Gasteiger partial charge in [-0.1, -0.05) is 44.2 Å². The second-order valence-corrected chi connectivity index (χ2v) is 5.07. The number of nitrogens with zero attached hydrogens (tertiary/aromatic N) is 2. The summed E-state index contributed by atoms with van der Waals surface area (Å²) in [6.45, 7) is 2.16. The van der Waals surface area contributed by atoms with Gasteiger partial charge in [-0.25, -0.2) is 0 Å². The summed E-state index contributed by atoms with van der Waals surface area (Å²) in [6, 6.07) is -0.0835. The van der Waals surface area contributed by atoms with E-state index in [-0.39, 0.29) is 6.04 Å². The molecule has 1 heterocycles. The average molecular weight is 237 g/mol. The summed E-state index contributed by atoms with van der Waals surface area (Å²) in [4.78, 5) is 4.48. The van der Waals surface area contributed by atoms with E-state index in [0.29, 0.717) is 11.8 Å². The molecule has 1 aromatic rings. The highest BCUT2D eigenvalue weighted by Gasteiger charge is 2.22. The minimum absolute atomic E-state index is 0.0835. The Balaban J connectivity index is 1.94. The number of hydrogen-bond donors (Lipinski definition) is 1. The minimum atomic E-state index is -0.0835. The Morgan fingerprint density at radius 3 is 2.82 bits per heavy atom. The summed E-state index contributed by atoms with van der Waals surface area (Å²) in [6.07, 6.45) is 9.51. The summed E-state index contributed by atoms with van der Waals surface area (Å²) < 4.78 is 5.29. The van der Waals surface area contributed by atoms with Gasteiger partial charge in [0.05, 0.1) is 6.04 Å². The van der Waals surface area contributed by atoms with Crippen LogP contribution in [-0.4, -0.2) is 10.1 Å². The van der Waals surface area contributed by atoms with Crippen molar-refractivity contribution >= 4 is 0 Å². The van der Waals surface area contributed by atoms with Crippen LogP contribution in [0.1, 0.15) is 82.0 Å². The van der Waals surface area contributed by atoms with Gasteiger partial charge in [0.25, 0.3) is 0 Å². The standard InChI is InChI=1S/C13H23N3O/c1-2-3-9-11(14)13-15-12(16-17-13)10-7-5-4-6-8-10/h10-11H,2-9,14H2,1H3. The highest BCUT2D eigenvalue weighted by molar-refractivity contribution is 4.99. The molecule has 96 valence electrons. The maximum atomic E-state index is 6.03. The zero-order valence-corrected chi connectivity index (χ0v) is 10.7. The Morgan fingerprint density at radius 1 is 1.35 bits per heavy atom. The smallest absolute Gasteiger partial charge is 0.243 e. The third-order valence-corrected chi connectivity index (χ3v) is 3.61. The van der Waals surface area contributed by atoms with Crippen molar-refractivity contribution in [2.75, 3.05) is 0 Å². The lowest BCUT2D eigenvalue weighted by Gasteiger charge is -2.17. The molecule has 0 spiro atoms. The van der Waals surface area contributed by atoms with Gasteiger partial charge in [0.1, 0.15) is 0 Å². The summed E-state index contributed by atoms with van der Waals surface area (Å²) in [5, 5.41) is 4.10. The fourth-order valence-electron chi connectivity index (χ4n) is 2.47. The van der Waals surface area contributed by atoms with Crippen molar-refractivity contribution in [2.24, 2.45) is 5.73 Å². The molecule has 1 aliphatic rings. The highest BCUT2D eigenvalue weighted by atomic mass is 16.5. The van der Waals surface area contributed by atoms with Crippen molar-refractivity contribution in [1.29, 1.82) is 0 Å². The monoisotopic (exact) mass is 237 g/mol. The maximum absolute atomic E-state index is 6.03. The van der Waals surface area contributed by atoms with Crippen molar-refractivity contribution in [2.45, 2.75) is 70.3 Å². The van der Waals surface area contributed by atoms with Gasteiger partial charge in [0.2, 0.25) is 5.89 Å². The molecule has 4 nitrogen and oxygen atoms in total. The first-order valence-electron chi connectivity index (χ1n) is 6.90. The number of rotatable bonds is 5. The number of hydrogen-bond acceptors (Lipinski definition) is 4. The third kappa shape index (κ3) is 3.28. The molecule has 0 radical (unpaired) electrons. The topological polar surface area (TPSA) is 64.9 Å². The molecule has 2 N–H and O–H groups in total. The molecule has 0 amide bonds. The molecule has 1 aliphatic carbocycles. The van der Waals surface area contributed by atoms with Crippen LogP contribution in [0.3, 0.4) is 0 Å². The Kier molecular flexibility index (Phi) is 4.54. The number of nitrogens with two attached hydrogens (primary N) is 1. The Hall–Kier alpha value is -0.900. The van der Waals surface area contributed by atoms with Gasteiger partial charge < -0.3 is 10.3 Å². The first-order chi connectivity index (χ1) is 8.31. The van der Waals surface area contributed by atoms with Crippen LogP contribution in [0.5, 0.6) is 0 Å². The zero-order valence-electron chi connectivity index (χ0n) is 10.7. The van der Waals surface area contributed by atoms with Gasteiger partial charge in [-0.3, -0.25) is 0 Å². The zero-order chi connectivity index (χ0) is 12.1. The quantitative estimate of drug-likeness (QED) is 0.853. The lowest BCUT2D eigenvalue weighted by Crippen LogP contribution is -2.11. The van der Waals surface area contributed by atoms with Crippen LogP contribution >= 0.6 is 0 Å². The van der Waals surface area contributed by atoms with E-state index in [0.717, 1.165) is 25.1 Å². The van der Waals surface area contributed by atoms with Gasteiger partial charge in [-0.15, -0.1) is 0 Å². The van der Waals surface area contributed by atoms with Crippen molar-refractivity contribution < 1.29 is 4.52 Å². The van der Waals surface area contributed by atoms with E-state index in [1.54, 1.807) is 0 Å².